The molecule has 0 radical (unpaired) electrons. The van der Waals surface area contributed by atoms with Crippen molar-refractivity contribution in [3.05, 3.63) is 60.2 Å². The zero-order chi connectivity index (χ0) is 21.3. The van der Waals surface area contributed by atoms with E-state index in [1.807, 2.05) is 56.1 Å². The Labute approximate surface area is 174 Å². The summed E-state index contributed by atoms with van der Waals surface area (Å²) in [4.78, 5) is 6.66. The van der Waals surface area contributed by atoms with Crippen molar-refractivity contribution < 1.29 is 13.2 Å². The number of ether oxygens (including phenoxy) is 1. The predicted molar refractivity (Wildman–Crippen MR) is 118 cm³/mol. The van der Waals surface area contributed by atoms with E-state index in [2.05, 4.69) is 10.3 Å². The molecule has 2 aromatic carbocycles. The second-order valence-corrected chi connectivity index (χ2v) is 8.86. The molecule has 158 valence electrons. The summed E-state index contributed by atoms with van der Waals surface area (Å²) in [6.45, 7) is 5.21. The van der Waals surface area contributed by atoms with Gasteiger partial charge in [0.2, 0.25) is 0 Å². The maximum Gasteiger partial charge on any atom is 0.193 e. The smallest absolute Gasteiger partial charge is 0.193 e. The summed E-state index contributed by atoms with van der Waals surface area (Å²) in [6.07, 6.45) is 0.669. The van der Waals surface area contributed by atoms with Crippen LogP contribution in [0.3, 0.4) is 0 Å². The van der Waals surface area contributed by atoms with Crippen molar-refractivity contribution >= 4 is 15.8 Å². The number of hydrogen-bond donors (Lipinski definition) is 1. The quantitative estimate of drug-likeness (QED) is 0.500. The van der Waals surface area contributed by atoms with Crippen molar-refractivity contribution in [2.24, 2.45) is 4.99 Å². The molecule has 1 N–H and O–H groups in total. The third-order valence-corrected chi connectivity index (χ3v) is 6.41. The van der Waals surface area contributed by atoms with Gasteiger partial charge in [-0.05, 0) is 43.2 Å². The summed E-state index contributed by atoms with van der Waals surface area (Å²) in [5.41, 5.74) is 1.11. The van der Waals surface area contributed by atoms with E-state index in [1.165, 1.54) is 0 Å². The number of nitrogens with one attached hydrogen (secondary N) is 1. The highest BCUT2D eigenvalue weighted by Gasteiger charge is 2.22. The van der Waals surface area contributed by atoms with E-state index in [4.69, 9.17) is 4.74 Å². The highest BCUT2D eigenvalue weighted by molar-refractivity contribution is 7.91. The Kier molecular flexibility index (Phi) is 8.51. The van der Waals surface area contributed by atoms with Crippen LogP contribution in [0.15, 0.2) is 64.5 Å². The molecule has 0 saturated carbocycles. The van der Waals surface area contributed by atoms with E-state index in [-0.39, 0.29) is 11.8 Å². The Bertz CT molecular complexity index is 881. The minimum Gasteiger partial charge on any atom is -0.494 e. The third-order valence-electron chi connectivity index (χ3n) is 4.58. The van der Waals surface area contributed by atoms with Crippen molar-refractivity contribution in [3.63, 3.8) is 0 Å². The highest BCUT2D eigenvalue weighted by atomic mass is 32.2. The summed E-state index contributed by atoms with van der Waals surface area (Å²) in [6, 6.07) is 16.3. The molecule has 0 amide bonds. The number of benzene rings is 2. The number of hydrogen-bond acceptors (Lipinski definition) is 4. The molecule has 1 atom stereocenters. The van der Waals surface area contributed by atoms with Gasteiger partial charge < -0.3 is 15.0 Å². The van der Waals surface area contributed by atoms with Gasteiger partial charge in [-0.15, -0.1) is 0 Å². The first kappa shape index (κ1) is 22.7. The average Bonchev–Trinajstić information content (AvgIpc) is 2.73. The summed E-state index contributed by atoms with van der Waals surface area (Å²) < 4.78 is 30.9. The molecular weight excluding hydrogens is 386 g/mol. The van der Waals surface area contributed by atoms with Crippen LogP contribution in [-0.2, 0) is 16.4 Å². The van der Waals surface area contributed by atoms with Crippen LogP contribution in [0.5, 0.6) is 5.75 Å². The topological polar surface area (TPSA) is 71.0 Å². The Balaban J connectivity index is 2.02. The lowest BCUT2D eigenvalue weighted by atomic mass is 10.2. The normalized spacial score (nSPS) is 13.0. The van der Waals surface area contributed by atoms with Crippen LogP contribution < -0.4 is 10.1 Å². The molecule has 29 heavy (non-hydrogen) atoms. The second kappa shape index (κ2) is 10.9. The van der Waals surface area contributed by atoms with E-state index in [9.17, 15) is 8.42 Å². The lowest BCUT2D eigenvalue weighted by molar-refractivity contribution is 0.340. The molecule has 0 aromatic heterocycles. The molecule has 0 aliphatic rings. The summed E-state index contributed by atoms with van der Waals surface area (Å²) in [5, 5.41) is 3.30. The van der Waals surface area contributed by atoms with Crippen LogP contribution in [0.25, 0.3) is 0 Å². The molecular formula is C22H31N3O3S. The fourth-order valence-electron chi connectivity index (χ4n) is 2.99. The van der Waals surface area contributed by atoms with Gasteiger partial charge in [0.15, 0.2) is 15.8 Å². The molecule has 0 heterocycles. The number of nitrogens with zero attached hydrogens (tertiary/aromatic N) is 2. The molecule has 6 nitrogen and oxygen atoms in total. The minimum atomic E-state index is -3.37. The fraction of sp³-hybridized carbons (Fsp3) is 0.409. The maximum atomic E-state index is 12.7. The Morgan fingerprint density at radius 1 is 1.10 bits per heavy atom. The number of sulfone groups is 1. The van der Waals surface area contributed by atoms with E-state index in [1.54, 1.807) is 31.3 Å². The highest BCUT2D eigenvalue weighted by Crippen LogP contribution is 2.15. The third kappa shape index (κ3) is 6.78. The minimum absolute atomic E-state index is 0.0173. The van der Waals surface area contributed by atoms with Crippen LogP contribution in [0.2, 0.25) is 0 Å². The van der Waals surface area contributed by atoms with Crippen molar-refractivity contribution in [2.75, 3.05) is 26.5 Å². The molecule has 1 unspecified atom stereocenters. The van der Waals surface area contributed by atoms with Crippen LogP contribution >= 0.6 is 0 Å². The van der Waals surface area contributed by atoms with Gasteiger partial charge >= 0.3 is 0 Å². The van der Waals surface area contributed by atoms with E-state index in [0.29, 0.717) is 30.4 Å². The van der Waals surface area contributed by atoms with Crippen molar-refractivity contribution in [3.8, 4) is 5.75 Å². The second-order valence-electron chi connectivity index (χ2n) is 6.82. The van der Waals surface area contributed by atoms with Gasteiger partial charge in [0.05, 0.1) is 17.3 Å². The van der Waals surface area contributed by atoms with Gasteiger partial charge in [-0.25, -0.2) is 8.42 Å². The van der Waals surface area contributed by atoms with Crippen LogP contribution in [0.1, 0.15) is 25.8 Å². The van der Waals surface area contributed by atoms with Crippen molar-refractivity contribution in [1.82, 2.24) is 10.2 Å². The first-order valence-corrected chi connectivity index (χ1v) is 11.5. The van der Waals surface area contributed by atoms with Gasteiger partial charge in [-0.1, -0.05) is 37.3 Å². The Morgan fingerprint density at radius 3 is 2.31 bits per heavy atom. The van der Waals surface area contributed by atoms with Crippen LogP contribution in [0, 0.1) is 0 Å². The molecule has 7 heteroatoms. The van der Waals surface area contributed by atoms with Crippen molar-refractivity contribution in [2.45, 2.75) is 37.8 Å². The Morgan fingerprint density at radius 2 is 1.76 bits per heavy atom. The van der Waals surface area contributed by atoms with Gasteiger partial charge in [-0.2, -0.15) is 0 Å². The summed E-state index contributed by atoms with van der Waals surface area (Å²) in [5.74, 6) is 1.52. The van der Waals surface area contributed by atoms with Crippen LogP contribution in [-0.4, -0.2) is 51.8 Å². The standard InChI is InChI=1S/C22H31N3O3S/c1-5-19(17-29(26,27)21-10-8-7-9-11-21)24-22(23-3)25(4)16-18-12-14-20(15-13-18)28-6-2/h7-15,19H,5-6,16-17H2,1-4H3,(H,23,24). The molecule has 0 bridgehead atoms. The van der Waals surface area contributed by atoms with E-state index >= 15 is 0 Å². The maximum absolute atomic E-state index is 12.7. The van der Waals surface area contributed by atoms with E-state index in [0.717, 1.165) is 11.3 Å². The molecule has 0 spiro atoms. The largest absolute Gasteiger partial charge is 0.494 e. The molecule has 0 saturated heterocycles. The number of aliphatic imine (C=N–C) groups is 1. The molecule has 0 fully saturated rings. The van der Waals surface area contributed by atoms with E-state index < -0.39 is 9.84 Å². The fourth-order valence-corrected chi connectivity index (χ4v) is 4.60. The molecule has 2 aromatic rings. The molecule has 0 aliphatic heterocycles. The average molecular weight is 418 g/mol. The van der Waals surface area contributed by atoms with Crippen molar-refractivity contribution in [1.29, 1.82) is 0 Å². The van der Waals surface area contributed by atoms with Gasteiger partial charge in [0, 0.05) is 26.7 Å². The number of rotatable bonds is 9. The Hall–Kier alpha value is -2.54. The number of guanidine groups is 1. The summed E-state index contributed by atoms with van der Waals surface area (Å²) in [7, 11) is 0.268. The lowest BCUT2D eigenvalue weighted by Crippen LogP contribution is -2.46. The first-order valence-electron chi connectivity index (χ1n) is 9.83. The predicted octanol–water partition coefficient (Wildman–Crippen LogP) is 3.35. The van der Waals surface area contributed by atoms with Crippen LogP contribution in [0.4, 0.5) is 0 Å². The molecule has 2 rings (SSSR count). The molecule has 0 aliphatic carbocycles. The zero-order valence-corrected chi connectivity index (χ0v) is 18.4. The van der Waals surface area contributed by atoms with Gasteiger partial charge in [-0.3, -0.25) is 4.99 Å². The monoisotopic (exact) mass is 417 g/mol. The lowest BCUT2D eigenvalue weighted by Gasteiger charge is -2.26. The zero-order valence-electron chi connectivity index (χ0n) is 17.6. The van der Waals surface area contributed by atoms with Gasteiger partial charge in [0.25, 0.3) is 0 Å². The summed E-state index contributed by atoms with van der Waals surface area (Å²) >= 11 is 0. The van der Waals surface area contributed by atoms with Gasteiger partial charge in [0.1, 0.15) is 5.75 Å². The first-order chi connectivity index (χ1) is 13.9. The SMILES string of the molecule is CCOc1ccc(CN(C)C(=NC)NC(CC)CS(=O)(=O)c2ccccc2)cc1.